The molecule has 0 atom stereocenters. The zero-order chi connectivity index (χ0) is 15.2. The first kappa shape index (κ1) is 15.6. The van der Waals surface area contributed by atoms with Gasteiger partial charge in [-0.1, -0.05) is 23.9 Å². The van der Waals surface area contributed by atoms with E-state index in [2.05, 4.69) is 4.98 Å². The maximum absolute atomic E-state index is 12.2. The number of benzene rings is 1. The lowest BCUT2D eigenvalue weighted by atomic mass is 10.2. The van der Waals surface area contributed by atoms with Gasteiger partial charge in [-0.05, 0) is 25.5 Å². The highest BCUT2D eigenvalue weighted by atomic mass is 32.2. The summed E-state index contributed by atoms with van der Waals surface area (Å²) in [5.41, 5.74) is 0.655. The molecular weight excluding hydrogens is 288 g/mol. The summed E-state index contributed by atoms with van der Waals surface area (Å²) in [6.45, 7) is 2.20. The highest BCUT2D eigenvalue weighted by molar-refractivity contribution is 7.99. The standard InChI is InChI=1S/C15H18N2O3S/c1-3-20-13(18)9-6-10-21-15-16-12-8-5-4-7-11(12)14(19)17(15)2/h4-5,7-8H,3,6,9-10H2,1-2H3. The number of ether oxygens (including phenoxy) is 1. The molecule has 0 saturated heterocycles. The van der Waals surface area contributed by atoms with Gasteiger partial charge in [0.2, 0.25) is 0 Å². The SMILES string of the molecule is CCOC(=O)CCCSc1nc2ccccc2c(=O)n1C. The van der Waals surface area contributed by atoms with Gasteiger partial charge in [-0.15, -0.1) is 0 Å². The minimum Gasteiger partial charge on any atom is -0.466 e. The average Bonchev–Trinajstić information content (AvgIpc) is 2.49. The van der Waals surface area contributed by atoms with Crippen LogP contribution in [-0.4, -0.2) is 27.9 Å². The lowest BCUT2D eigenvalue weighted by Gasteiger charge is -2.08. The second kappa shape index (κ2) is 7.26. The van der Waals surface area contributed by atoms with Gasteiger partial charge in [0.1, 0.15) is 0 Å². The molecule has 0 spiro atoms. The van der Waals surface area contributed by atoms with Gasteiger partial charge in [-0.2, -0.15) is 0 Å². The van der Waals surface area contributed by atoms with E-state index in [1.54, 1.807) is 24.6 Å². The fourth-order valence-electron chi connectivity index (χ4n) is 1.94. The highest BCUT2D eigenvalue weighted by Gasteiger charge is 2.08. The molecular formula is C15H18N2O3S. The molecule has 0 aliphatic carbocycles. The largest absolute Gasteiger partial charge is 0.466 e. The molecule has 21 heavy (non-hydrogen) atoms. The van der Waals surface area contributed by atoms with Crippen molar-refractivity contribution >= 4 is 28.6 Å². The molecule has 0 N–H and O–H groups in total. The predicted molar refractivity (Wildman–Crippen MR) is 83.6 cm³/mol. The molecule has 6 heteroatoms. The molecule has 0 amide bonds. The van der Waals surface area contributed by atoms with Crippen molar-refractivity contribution in [3.8, 4) is 0 Å². The van der Waals surface area contributed by atoms with E-state index in [-0.39, 0.29) is 11.5 Å². The normalized spacial score (nSPS) is 10.8. The molecule has 5 nitrogen and oxygen atoms in total. The smallest absolute Gasteiger partial charge is 0.305 e. The number of thioether (sulfide) groups is 1. The Morgan fingerprint density at radius 3 is 2.90 bits per heavy atom. The topological polar surface area (TPSA) is 61.2 Å². The van der Waals surface area contributed by atoms with Crippen LogP contribution >= 0.6 is 11.8 Å². The van der Waals surface area contributed by atoms with Crippen LogP contribution in [0.15, 0.2) is 34.2 Å². The van der Waals surface area contributed by atoms with E-state index < -0.39 is 0 Å². The van der Waals surface area contributed by atoms with Crippen LogP contribution in [0.1, 0.15) is 19.8 Å². The first-order valence-electron chi connectivity index (χ1n) is 6.87. The first-order chi connectivity index (χ1) is 10.1. The maximum Gasteiger partial charge on any atom is 0.305 e. The Hall–Kier alpha value is -1.82. The molecule has 1 heterocycles. The highest BCUT2D eigenvalue weighted by Crippen LogP contribution is 2.18. The molecule has 0 fully saturated rings. The maximum atomic E-state index is 12.2. The van der Waals surface area contributed by atoms with Crippen molar-refractivity contribution in [3.05, 3.63) is 34.6 Å². The third kappa shape index (κ3) is 3.85. The molecule has 1 aromatic carbocycles. The molecule has 0 aliphatic rings. The third-order valence-electron chi connectivity index (χ3n) is 3.00. The number of carbonyl (C=O) groups is 1. The van der Waals surface area contributed by atoms with E-state index >= 15 is 0 Å². The van der Waals surface area contributed by atoms with Crippen LogP contribution in [0.4, 0.5) is 0 Å². The molecule has 0 saturated carbocycles. The van der Waals surface area contributed by atoms with Gasteiger partial charge in [0, 0.05) is 19.2 Å². The molecule has 0 unspecified atom stereocenters. The van der Waals surface area contributed by atoms with Crippen LogP contribution in [0.2, 0.25) is 0 Å². The molecule has 0 aliphatic heterocycles. The summed E-state index contributed by atoms with van der Waals surface area (Å²) < 4.78 is 6.43. The number of esters is 1. The van der Waals surface area contributed by atoms with E-state index in [0.717, 1.165) is 5.75 Å². The zero-order valence-electron chi connectivity index (χ0n) is 12.2. The van der Waals surface area contributed by atoms with Crippen LogP contribution in [0.5, 0.6) is 0 Å². The average molecular weight is 306 g/mol. The van der Waals surface area contributed by atoms with E-state index in [1.165, 1.54) is 11.8 Å². The minimum atomic E-state index is -0.182. The number of hydrogen-bond acceptors (Lipinski definition) is 5. The summed E-state index contributed by atoms with van der Waals surface area (Å²) in [5.74, 6) is 0.538. The lowest BCUT2D eigenvalue weighted by Crippen LogP contribution is -2.20. The number of aromatic nitrogens is 2. The van der Waals surface area contributed by atoms with Crippen LogP contribution < -0.4 is 5.56 Å². The van der Waals surface area contributed by atoms with Crippen LogP contribution in [0.25, 0.3) is 10.9 Å². The number of fused-ring (bicyclic) bond motifs is 1. The summed E-state index contributed by atoms with van der Waals surface area (Å²) in [4.78, 5) is 28.0. The van der Waals surface area contributed by atoms with Gasteiger partial charge >= 0.3 is 5.97 Å². The second-order valence-corrected chi connectivity index (χ2v) is 5.59. The summed E-state index contributed by atoms with van der Waals surface area (Å²) >= 11 is 1.48. The molecule has 2 aromatic rings. The van der Waals surface area contributed by atoms with Crippen LogP contribution in [0.3, 0.4) is 0 Å². The Morgan fingerprint density at radius 2 is 2.14 bits per heavy atom. The van der Waals surface area contributed by atoms with Gasteiger partial charge in [0.15, 0.2) is 5.16 Å². The molecule has 0 bridgehead atoms. The Morgan fingerprint density at radius 1 is 1.38 bits per heavy atom. The Kier molecular flexibility index (Phi) is 5.38. The van der Waals surface area contributed by atoms with Crippen molar-refractivity contribution in [2.75, 3.05) is 12.4 Å². The zero-order valence-corrected chi connectivity index (χ0v) is 13.0. The predicted octanol–water partition coefficient (Wildman–Crippen LogP) is 2.37. The van der Waals surface area contributed by atoms with Crippen molar-refractivity contribution in [3.63, 3.8) is 0 Å². The summed E-state index contributed by atoms with van der Waals surface area (Å²) in [6, 6.07) is 7.31. The molecule has 1 aromatic heterocycles. The van der Waals surface area contributed by atoms with E-state index in [9.17, 15) is 9.59 Å². The van der Waals surface area contributed by atoms with Crippen molar-refractivity contribution in [1.29, 1.82) is 0 Å². The second-order valence-electron chi connectivity index (χ2n) is 4.53. The monoisotopic (exact) mass is 306 g/mol. The van der Waals surface area contributed by atoms with Crippen molar-refractivity contribution in [2.45, 2.75) is 24.9 Å². The van der Waals surface area contributed by atoms with E-state index in [1.807, 2.05) is 18.2 Å². The lowest BCUT2D eigenvalue weighted by molar-refractivity contribution is -0.143. The fourth-order valence-corrected chi connectivity index (χ4v) is 2.85. The van der Waals surface area contributed by atoms with Gasteiger partial charge in [0.05, 0.1) is 17.5 Å². The summed E-state index contributed by atoms with van der Waals surface area (Å²) in [5, 5.41) is 1.29. The molecule has 2 rings (SSSR count). The Bertz CT molecular complexity index is 697. The van der Waals surface area contributed by atoms with Crippen molar-refractivity contribution in [1.82, 2.24) is 9.55 Å². The molecule has 0 radical (unpaired) electrons. The first-order valence-corrected chi connectivity index (χ1v) is 7.86. The van der Waals surface area contributed by atoms with Gasteiger partial charge in [0.25, 0.3) is 5.56 Å². The van der Waals surface area contributed by atoms with Crippen molar-refractivity contribution < 1.29 is 9.53 Å². The fraction of sp³-hybridized carbons (Fsp3) is 0.400. The van der Waals surface area contributed by atoms with E-state index in [4.69, 9.17) is 4.74 Å². The Balaban J connectivity index is 2.04. The van der Waals surface area contributed by atoms with Crippen LogP contribution in [0, 0.1) is 0 Å². The number of para-hydroxylation sites is 1. The number of carbonyl (C=O) groups excluding carboxylic acids is 1. The number of nitrogens with zero attached hydrogens (tertiary/aromatic N) is 2. The van der Waals surface area contributed by atoms with Crippen molar-refractivity contribution in [2.24, 2.45) is 7.05 Å². The summed E-state index contributed by atoms with van der Waals surface area (Å²) in [7, 11) is 1.72. The number of hydrogen-bond donors (Lipinski definition) is 0. The van der Waals surface area contributed by atoms with Gasteiger partial charge < -0.3 is 4.74 Å². The summed E-state index contributed by atoms with van der Waals surface area (Å²) in [6.07, 6.45) is 1.09. The van der Waals surface area contributed by atoms with Gasteiger partial charge in [-0.25, -0.2) is 4.98 Å². The third-order valence-corrected chi connectivity index (χ3v) is 4.12. The van der Waals surface area contributed by atoms with E-state index in [0.29, 0.717) is 35.5 Å². The quantitative estimate of drug-likeness (QED) is 0.355. The minimum absolute atomic E-state index is 0.0477. The van der Waals surface area contributed by atoms with Crippen LogP contribution in [-0.2, 0) is 16.6 Å². The van der Waals surface area contributed by atoms with Gasteiger partial charge in [-0.3, -0.25) is 14.2 Å². The Labute approximate surface area is 127 Å². The number of rotatable bonds is 6. The molecule has 112 valence electrons.